The molecule has 4 aliphatic carbocycles. The summed E-state index contributed by atoms with van der Waals surface area (Å²) >= 11 is 0. The average Bonchev–Trinajstić information content (AvgIpc) is 2.48. The van der Waals surface area contributed by atoms with Crippen molar-refractivity contribution in [2.75, 3.05) is 6.61 Å². The van der Waals surface area contributed by atoms with Crippen LogP contribution in [0.2, 0.25) is 0 Å². The predicted molar refractivity (Wildman–Crippen MR) is 90.4 cm³/mol. The minimum Gasteiger partial charge on any atom is -0.392 e. The van der Waals surface area contributed by atoms with E-state index < -0.39 is 22.5 Å². The van der Waals surface area contributed by atoms with Crippen molar-refractivity contribution in [1.29, 1.82) is 0 Å². The first-order valence-corrected chi connectivity index (χ1v) is 9.41. The van der Waals surface area contributed by atoms with Crippen molar-refractivity contribution in [2.24, 2.45) is 16.2 Å². The minimum atomic E-state index is -0.812. The number of aliphatic hydroxyl groups is 2. The Labute approximate surface area is 144 Å². The monoisotopic (exact) mass is 334 g/mol. The Morgan fingerprint density at radius 3 is 2.71 bits per heavy atom. The van der Waals surface area contributed by atoms with Gasteiger partial charge in [-0.3, -0.25) is 4.79 Å². The molecule has 1 spiro atoms. The number of hydrogen-bond acceptors (Lipinski definition) is 4. The maximum atomic E-state index is 13.1. The highest BCUT2D eigenvalue weighted by atomic mass is 16.5. The van der Waals surface area contributed by atoms with Gasteiger partial charge < -0.3 is 14.9 Å². The zero-order chi connectivity index (χ0) is 17.5. The van der Waals surface area contributed by atoms with Crippen molar-refractivity contribution in [3.63, 3.8) is 0 Å². The Bertz CT molecular complexity index is 640. The Morgan fingerprint density at radius 2 is 2.04 bits per heavy atom. The number of aliphatic hydroxyl groups excluding tert-OH is 1. The minimum absolute atomic E-state index is 0.0103. The van der Waals surface area contributed by atoms with Gasteiger partial charge in [-0.15, -0.1) is 0 Å². The Morgan fingerprint density at radius 1 is 1.33 bits per heavy atom. The molecule has 3 fully saturated rings. The van der Waals surface area contributed by atoms with Crippen molar-refractivity contribution < 1.29 is 19.7 Å². The van der Waals surface area contributed by atoms with Crippen molar-refractivity contribution in [3.05, 3.63) is 11.1 Å². The maximum absolute atomic E-state index is 13.1. The summed E-state index contributed by atoms with van der Waals surface area (Å²) in [5.41, 5.74) is -0.0849. The fraction of sp³-hybridized carbons (Fsp3) is 0.850. The number of carbonyl (C=O) groups is 1. The maximum Gasteiger partial charge on any atom is 0.160 e. The first kappa shape index (κ1) is 16.7. The van der Waals surface area contributed by atoms with E-state index in [9.17, 15) is 15.0 Å². The first-order chi connectivity index (χ1) is 11.2. The molecule has 6 atom stereocenters. The van der Waals surface area contributed by atoms with Gasteiger partial charge in [0.15, 0.2) is 5.78 Å². The molecule has 2 N–H and O–H groups in total. The van der Waals surface area contributed by atoms with E-state index in [4.69, 9.17) is 4.74 Å². The van der Waals surface area contributed by atoms with Gasteiger partial charge in [0, 0.05) is 35.9 Å². The van der Waals surface area contributed by atoms with Crippen LogP contribution in [0, 0.1) is 16.2 Å². The van der Waals surface area contributed by atoms with E-state index in [2.05, 4.69) is 13.8 Å². The van der Waals surface area contributed by atoms with Crippen molar-refractivity contribution >= 4 is 5.78 Å². The molecule has 0 heterocycles. The lowest BCUT2D eigenvalue weighted by molar-refractivity contribution is -0.335. The van der Waals surface area contributed by atoms with E-state index in [1.807, 2.05) is 13.8 Å². The molecule has 1 unspecified atom stereocenters. The molecule has 134 valence electrons. The molecule has 3 saturated carbocycles. The largest absolute Gasteiger partial charge is 0.392 e. The van der Waals surface area contributed by atoms with Gasteiger partial charge in [-0.1, -0.05) is 19.4 Å². The Balaban J connectivity index is 1.90. The number of carbonyl (C=O) groups excluding carboxylic acids is 1. The number of allylic oxidation sites excluding steroid dienone is 1. The van der Waals surface area contributed by atoms with Gasteiger partial charge in [0.25, 0.3) is 0 Å². The lowest BCUT2D eigenvalue weighted by Crippen LogP contribution is -2.81. The van der Waals surface area contributed by atoms with Gasteiger partial charge in [-0.05, 0) is 44.9 Å². The van der Waals surface area contributed by atoms with Crippen LogP contribution in [0.3, 0.4) is 0 Å². The summed E-state index contributed by atoms with van der Waals surface area (Å²) in [6, 6.07) is 0. The highest BCUT2D eigenvalue weighted by Gasteiger charge is 2.82. The fourth-order valence-electron chi connectivity index (χ4n) is 7.12. The van der Waals surface area contributed by atoms with Gasteiger partial charge in [0.05, 0.1) is 17.8 Å². The van der Waals surface area contributed by atoms with Crippen molar-refractivity contribution in [1.82, 2.24) is 0 Å². The molecule has 0 aromatic carbocycles. The summed E-state index contributed by atoms with van der Waals surface area (Å²) in [7, 11) is 0. The third-order valence-corrected chi connectivity index (χ3v) is 8.42. The van der Waals surface area contributed by atoms with Gasteiger partial charge >= 0.3 is 0 Å². The normalized spacial score (nSPS) is 53.3. The van der Waals surface area contributed by atoms with Crippen LogP contribution < -0.4 is 0 Å². The molecule has 0 saturated heterocycles. The van der Waals surface area contributed by atoms with Crippen LogP contribution in [0.25, 0.3) is 0 Å². The summed E-state index contributed by atoms with van der Waals surface area (Å²) in [5, 5.41) is 22.4. The first-order valence-electron chi connectivity index (χ1n) is 9.41. The second kappa shape index (κ2) is 4.72. The summed E-state index contributed by atoms with van der Waals surface area (Å²) in [6.07, 6.45) is 3.47. The third-order valence-electron chi connectivity index (χ3n) is 8.42. The van der Waals surface area contributed by atoms with E-state index in [1.54, 1.807) is 0 Å². The van der Waals surface area contributed by atoms with Crippen LogP contribution in [0.4, 0.5) is 0 Å². The molecule has 4 nitrogen and oxygen atoms in total. The molecule has 0 aromatic heterocycles. The predicted octanol–water partition coefficient (Wildman–Crippen LogP) is 2.76. The fourth-order valence-corrected chi connectivity index (χ4v) is 7.12. The van der Waals surface area contributed by atoms with E-state index in [0.29, 0.717) is 25.9 Å². The number of Topliss-reactive ketones (excluding diaryl/α,β-unsaturated/α-hetero) is 1. The molecule has 0 bridgehead atoms. The molecule has 4 aliphatic rings. The van der Waals surface area contributed by atoms with Crippen molar-refractivity contribution in [2.45, 2.75) is 84.0 Å². The highest BCUT2D eigenvalue weighted by Crippen LogP contribution is 2.81. The van der Waals surface area contributed by atoms with Crippen LogP contribution in [-0.4, -0.2) is 40.4 Å². The SMILES string of the molecule is CCO[C@@H]1C[C@H](O)[C@@]2(C)CC(=O)C3=C(C)CC[C@@]4(O)CC2(C1)[C@@]34C. The molecular weight excluding hydrogens is 304 g/mol. The molecular formula is C20H30O4. The highest BCUT2D eigenvalue weighted by molar-refractivity contribution is 6.00. The number of hydrogen-bond donors (Lipinski definition) is 2. The van der Waals surface area contributed by atoms with Crippen LogP contribution in [0.15, 0.2) is 11.1 Å². The quantitative estimate of drug-likeness (QED) is 0.815. The number of rotatable bonds is 2. The Kier molecular flexibility index (Phi) is 3.29. The zero-order valence-electron chi connectivity index (χ0n) is 15.3. The summed E-state index contributed by atoms with van der Waals surface area (Å²) in [6.45, 7) is 8.82. The lowest BCUT2D eigenvalue weighted by Gasteiger charge is -2.79. The van der Waals surface area contributed by atoms with Crippen LogP contribution in [0.5, 0.6) is 0 Å². The molecule has 0 amide bonds. The smallest absolute Gasteiger partial charge is 0.160 e. The summed E-state index contributed by atoms with van der Waals surface area (Å²) < 4.78 is 5.91. The van der Waals surface area contributed by atoms with E-state index in [1.165, 1.54) is 0 Å². The second-order valence-corrected chi connectivity index (χ2v) is 9.12. The van der Waals surface area contributed by atoms with Gasteiger partial charge in [0.2, 0.25) is 0 Å². The standard InChI is InChI=1S/C20H30O4/c1-5-24-13-8-15(22)17(3)10-14(21)16-12(2)6-7-20(23)11-19(17,9-13)18(16,20)4/h13,15,22-23H,5-11H2,1-4H3/t13-,15+,17-,18-,19?,20-/m1/s1. The average molecular weight is 334 g/mol. The third kappa shape index (κ3) is 1.55. The second-order valence-electron chi connectivity index (χ2n) is 9.12. The van der Waals surface area contributed by atoms with Gasteiger partial charge in [0.1, 0.15) is 0 Å². The topological polar surface area (TPSA) is 66.8 Å². The van der Waals surface area contributed by atoms with Crippen LogP contribution in [0.1, 0.15) is 66.2 Å². The molecule has 4 heteroatoms. The van der Waals surface area contributed by atoms with E-state index in [0.717, 1.165) is 30.4 Å². The summed E-state index contributed by atoms with van der Waals surface area (Å²) in [4.78, 5) is 13.1. The van der Waals surface area contributed by atoms with Crippen molar-refractivity contribution in [3.8, 4) is 0 Å². The van der Waals surface area contributed by atoms with Gasteiger partial charge in [-0.2, -0.15) is 0 Å². The van der Waals surface area contributed by atoms with Gasteiger partial charge in [-0.25, -0.2) is 0 Å². The van der Waals surface area contributed by atoms with E-state index >= 15 is 0 Å². The van der Waals surface area contributed by atoms with Crippen LogP contribution >= 0.6 is 0 Å². The lowest BCUT2D eigenvalue weighted by atomic mass is 9.25. The molecule has 0 radical (unpaired) electrons. The number of ether oxygens (including phenoxy) is 1. The zero-order valence-corrected chi connectivity index (χ0v) is 15.3. The molecule has 0 aromatic rings. The summed E-state index contributed by atoms with van der Waals surface area (Å²) in [5.74, 6) is 0.139. The molecule has 24 heavy (non-hydrogen) atoms. The van der Waals surface area contributed by atoms with Crippen LogP contribution in [-0.2, 0) is 9.53 Å². The molecule has 0 aliphatic heterocycles. The number of ketones is 1. The molecule has 4 rings (SSSR count). The van der Waals surface area contributed by atoms with E-state index in [-0.39, 0.29) is 17.3 Å². The Hall–Kier alpha value is -0.710.